The molecule has 0 aliphatic carbocycles. The predicted molar refractivity (Wildman–Crippen MR) is 97.4 cm³/mol. The van der Waals surface area contributed by atoms with E-state index in [0.717, 1.165) is 11.5 Å². The minimum absolute atomic E-state index is 0.0886. The van der Waals surface area contributed by atoms with Crippen LogP contribution in [0.5, 0.6) is 11.5 Å². The van der Waals surface area contributed by atoms with Crippen molar-refractivity contribution in [2.24, 2.45) is 5.73 Å². The van der Waals surface area contributed by atoms with Gasteiger partial charge in [0.05, 0.1) is 0 Å². The van der Waals surface area contributed by atoms with Gasteiger partial charge in [0.15, 0.2) is 11.5 Å². The number of nitrogens with one attached hydrogen (secondary N) is 2. The summed E-state index contributed by atoms with van der Waals surface area (Å²) in [5.41, 5.74) is 6.21. The molecule has 2 aromatic rings. The number of para-hydroxylation sites is 2. The van der Waals surface area contributed by atoms with Crippen LogP contribution >= 0.6 is 0 Å². The molecule has 0 fully saturated rings. The molecular formula is C19H21N3O4. The second kappa shape index (κ2) is 8.35. The smallest absolute Gasteiger partial charge is 0.248 e. The van der Waals surface area contributed by atoms with Gasteiger partial charge in [-0.3, -0.25) is 9.59 Å². The Morgan fingerprint density at radius 1 is 1.08 bits per heavy atom. The van der Waals surface area contributed by atoms with Crippen molar-refractivity contribution in [2.45, 2.75) is 12.5 Å². The lowest BCUT2D eigenvalue weighted by Gasteiger charge is -2.26. The molecule has 0 bridgehead atoms. The lowest BCUT2D eigenvalue weighted by molar-refractivity contribution is -0.116. The summed E-state index contributed by atoms with van der Waals surface area (Å²) in [6.07, 6.45) is 0.233. The lowest BCUT2D eigenvalue weighted by Crippen LogP contribution is -2.39. The summed E-state index contributed by atoms with van der Waals surface area (Å²) in [7, 11) is 0. The van der Waals surface area contributed by atoms with E-state index >= 15 is 0 Å². The van der Waals surface area contributed by atoms with Crippen molar-refractivity contribution < 1.29 is 19.1 Å². The zero-order valence-electron chi connectivity index (χ0n) is 14.2. The van der Waals surface area contributed by atoms with Gasteiger partial charge in [0, 0.05) is 30.8 Å². The van der Waals surface area contributed by atoms with Crippen molar-refractivity contribution >= 4 is 17.5 Å². The van der Waals surface area contributed by atoms with Gasteiger partial charge >= 0.3 is 0 Å². The maximum atomic E-state index is 11.9. The summed E-state index contributed by atoms with van der Waals surface area (Å²) in [5, 5.41) is 5.97. The van der Waals surface area contributed by atoms with Crippen LogP contribution < -0.4 is 25.8 Å². The van der Waals surface area contributed by atoms with Gasteiger partial charge in [-0.15, -0.1) is 0 Å². The fourth-order valence-electron chi connectivity index (χ4n) is 2.57. The molecule has 0 saturated carbocycles. The zero-order valence-corrected chi connectivity index (χ0v) is 14.2. The van der Waals surface area contributed by atoms with Crippen LogP contribution in [0.1, 0.15) is 16.8 Å². The molecule has 1 heterocycles. The van der Waals surface area contributed by atoms with E-state index in [9.17, 15) is 9.59 Å². The van der Waals surface area contributed by atoms with Crippen LogP contribution in [-0.4, -0.2) is 37.6 Å². The molecular weight excluding hydrogens is 334 g/mol. The molecule has 136 valence electrons. The fraction of sp³-hybridized carbons (Fsp3) is 0.263. The van der Waals surface area contributed by atoms with Crippen molar-refractivity contribution in [2.75, 3.05) is 25.0 Å². The van der Waals surface area contributed by atoms with Gasteiger partial charge in [-0.1, -0.05) is 12.1 Å². The Bertz CT molecular complexity index is 777. The summed E-state index contributed by atoms with van der Waals surface area (Å²) in [5.74, 6) is 0.882. The molecule has 7 heteroatoms. The van der Waals surface area contributed by atoms with Crippen LogP contribution in [0.2, 0.25) is 0 Å². The molecule has 26 heavy (non-hydrogen) atoms. The Kier molecular flexibility index (Phi) is 5.70. The van der Waals surface area contributed by atoms with Crippen LogP contribution in [0.3, 0.4) is 0 Å². The molecule has 1 atom stereocenters. The number of anilines is 1. The SMILES string of the molecule is NC(=O)c1ccc(NC(=O)CCNC[C@H]2COc3ccccc3O2)cc1. The molecule has 3 rings (SSSR count). The first kappa shape index (κ1) is 17.8. The molecule has 0 aromatic heterocycles. The summed E-state index contributed by atoms with van der Waals surface area (Å²) in [4.78, 5) is 23.0. The fourth-order valence-corrected chi connectivity index (χ4v) is 2.57. The number of carbonyl (C=O) groups excluding carboxylic acids is 2. The molecule has 1 aliphatic heterocycles. The normalized spacial score (nSPS) is 15.3. The first-order valence-corrected chi connectivity index (χ1v) is 8.41. The van der Waals surface area contributed by atoms with Gasteiger partial charge in [0.1, 0.15) is 12.7 Å². The first-order chi connectivity index (χ1) is 12.6. The van der Waals surface area contributed by atoms with Crippen LogP contribution in [-0.2, 0) is 4.79 Å². The number of hydrogen-bond donors (Lipinski definition) is 3. The average molecular weight is 355 g/mol. The maximum Gasteiger partial charge on any atom is 0.248 e. The van der Waals surface area contributed by atoms with E-state index in [1.165, 1.54) is 0 Å². The van der Waals surface area contributed by atoms with E-state index in [2.05, 4.69) is 10.6 Å². The van der Waals surface area contributed by atoms with Gasteiger partial charge in [-0.05, 0) is 36.4 Å². The number of ether oxygens (including phenoxy) is 2. The van der Waals surface area contributed by atoms with Crippen LogP contribution in [0, 0.1) is 0 Å². The number of fused-ring (bicyclic) bond motifs is 1. The quantitative estimate of drug-likeness (QED) is 0.654. The van der Waals surface area contributed by atoms with Crippen molar-refractivity contribution in [3.05, 3.63) is 54.1 Å². The predicted octanol–water partition coefficient (Wildman–Crippen LogP) is 1.54. The number of rotatable bonds is 7. The molecule has 4 N–H and O–H groups in total. The Balaban J connectivity index is 1.36. The van der Waals surface area contributed by atoms with Crippen LogP contribution in [0.25, 0.3) is 0 Å². The third-order valence-electron chi connectivity index (χ3n) is 3.92. The van der Waals surface area contributed by atoms with Crippen LogP contribution in [0.15, 0.2) is 48.5 Å². The number of amides is 2. The van der Waals surface area contributed by atoms with E-state index in [0.29, 0.717) is 37.4 Å². The second-order valence-corrected chi connectivity index (χ2v) is 5.94. The highest BCUT2D eigenvalue weighted by molar-refractivity contribution is 5.94. The van der Waals surface area contributed by atoms with E-state index in [1.807, 2.05) is 24.3 Å². The summed E-state index contributed by atoms with van der Waals surface area (Å²) in [6.45, 7) is 1.59. The molecule has 2 aromatic carbocycles. The molecule has 0 unspecified atom stereocenters. The van der Waals surface area contributed by atoms with Gasteiger partial charge < -0.3 is 25.8 Å². The van der Waals surface area contributed by atoms with E-state index < -0.39 is 5.91 Å². The summed E-state index contributed by atoms with van der Waals surface area (Å²) >= 11 is 0. The minimum Gasteiger partial charge on any atom is -0.486 e. The number of hydrogen-bond acceptors (Lipinski definition) is 5. The summed E-state index contributed by atoms with van der Waals surface area (Å²) < 4.78 is 11.5. The molecule has 0 saturated heterocycles. The highest BCUT2D eigenvalue weighted by atomic mass is 16.6. The van der Waals surface area contributed by atoms with E-state index in [4.69, 9.17) is 15.2 Å². The number of nitrogens with two attached hydrogens (primary N) is 1. The van der Waals surface area contributed by atoms with Crippen molar-refractivity contribution in [1.82, 2.24) is 5.32 Å². The van der Waals surface area contributed by atoms with E-state index in [-0.39, 0.29) is 12.0 Å². The Morgan fingerprint density at radius 2 is 1.81 bits per heavy atom. The molecule has 7 nitrogen and oxygen atoms in total. The molecule has 1 aliphatic rings. The van der Waals surface area contributed by atoms with Gasteiger partial charge in [0.25, 0.3) is 0 Å². The maximum absolute atomic E-state index is 11.9. The van der Waals surface area contributed by atoms with Gasteiger partial charge in [-0.2, -0.15) is 0 Å². The van der Waals surface area contributed by atoms with Crippen molar-refractivity contribution in [1.29, 1.82) is 0 Å². The second-order valence-electron chi connectivity index (χ2n) is 5.94. The first-order valence-electron chi connectivity index (χ1n) is 8.41. The monoisotopic (exact) mass is 355 g/mol. The lowest BCUT2D eigenvalue weighted by atomic mass is 10.2. The average Bonchev–Trinajstić information content (AvgIpc) is 2.65. The van der Waals surface area contributed by atoms with Gasteiger partial charge in [0.2, 0.25) is 11.8 Å². The van der Waals surface area contributed by atoms with Gasteiger partial charge in [-0.25, -0.2) is 0 Å². The highest BCUT2D eigenvalue weighted by Crippen LogP contribution is 2.30. The number of primary amides is 1. The third kappa shape index (κ3) is 4.73. The topological polar surface area (TPSA) is 103 Å². The Labute approximate surface area is 151 Å². The number of benzene rings is 2. The highest BCUT2D eigenvalue weighted by Gasteiger charge is 2.19. The third-order valence-corrected chi connectivity index (χ3v) is 3.92. The minimum atomic E-state index is -0.497. The Morgan fingerprint density at radius 3 is 2.54 bits per heavy atom. The van der Waals surface area contributed by atoms with Crippen LogP contribution in [0.4, 0.5) is 5.69 Å². The summed E-state index contributed by atoms with van der Waals surface area (Å²) in [6, 6.07) is 14.0. The number of carbonyl (C=O) groups is 2. The molecule has 0 spiro atoms. The largest absolute Gasteiger partial charge is 0.486 e. The molecule has 2 amide bonds. The standard InChI is InChI=1S/C19H21N3O4/c20-19(24)13-5-7-14(8-6-13)22-18(23)9-10-21-11-15-12-25-16-3-1-2-4-17(16)26-15/h1-8,15,21H,9-12H2,(H2,20,24)(H,22,23)/t15-/m0/s1. The van der Waals surface area contributed by atoms with Crippen molar-refractivity contribution in [3.63, 3.8) is 0 Å². The zero-order chi connectivity index (χ0) is 18.4. The van der Waals surface area contributed by atoms with Crippen molar-refractivity contribution in [3.8, 4) is 11.5 Å². The molecule has 0 radical (unpaired) electrons. The Hall–Kier alpha value is -3.06. The van der Waals surface area contributed by atoms with E-state index in [1.54, 1.807) is 24.3 Å².